The van der Waals surface area contributed by atoms with Gasteiger partial charge in [-0.2, -0.15) is 0 Å². The first-order chi connectivity index (χ1) is 8.58. The molecular weight excluding hydrogens is 316 g/mol. The first kappa shape index (κ1) is 13.3. The van der Waals surface area contributed by atoms with E-state index in [9.17, 15) is 5.11 Å². The van der Waals surface area contributed by atoms with E-state index in [2.05, 4.69) is 20.9 Å². The largest absolute Gasteiger partial charge is 0.398 e. The molecule has 18 heavy (non-hydrogen) atoms. The van der Waals surface area contributed by atoms with Crippen LogP contribution in [-0.4, -0.2) is 10.1 Å². The molecule has 5 heteroatoms. The van der Waals surface area contributed by atoms with Gasteiger partial charge in [-0.05, 0) is 45.3 Å². The van der Waals surface area contributed by atoms with Crippen molar-refractivity contribution in [3.8, 4) is 0 Å². The molecule has 1 aromatic carbocycles. The van der Waals surface area contributed by atoms with Crippen molar-refractivity contribution in [2.75, 3.05) is 5.73 Å². The Bertz CT molecular complexity index is 562. The fourth-order valence-corrected chi connectivity index (χ4v) is 2.09. The molecule has 0 aliphatic carbocycles. The van der Waals surface area contributed by atoms with E-state index in [1.165, 1.54) is 0 Å². The Morgan fingerprint density at radius 2 is 2.17 bits per heavy atom. The van der Waals surface area contributed by atoms with Crippen LogP contribution >= 0.6 is 27.5 Å². The third-order valence-electron chi connectivity index (χ3n) is 2.68. The Balaban J connectivity index is 2.19. The van der Waals surface area contributed by atoms with Gasteiger partial charge in [0.2, 0.25) is 0 Å². The predicted molar refractivity (Wildman–Crippen MR) is 76.5 cm³/mol. The molecule has 2 rings (SSSR count). The summed E-state index contributed by atoms with van der Waals surface area (Å²) in [5, 5.41) is 10.7. The minimum Gasteiger partial charge on any atom is -0.398 e. The van der Waals surface area contributed by atoms with Crippen LogP contribution in [0.1, 0.15) is 17.2 Å². The molecule has 1 aromatic heterocycles. The van der Waals surface area contributed by atoms with Crippen molar-refractivity contribution < 1.29 is 5.11 Å². The lowest BCUT2D eigenvalue weighted by atomic mass is 10.0. The predicted octanol–water partition coefficient (Wildman–Crippen LogP) is 3.36. The van der Waals surface area contributed by atoms with Gasteiger partial charge in [-0.1, -0.05) is 17.7 Å². The van der Waals surface area contributed by atoms with Crippen LogP contribution in [0.3, 0.4) is 0 Å². The topological polar surface area (TPSA) is 59.1 Å². The monoisotopic (exact) mass is 326 g/mol. The Labute approximate surface area is 119 Å². The molecule has 3 N–H and O–H groups in total. The zero-order valence-corrected chi connectivity index (χ0v) is 11.8. The summed E-state index contributed by atoms with van der Waals surface area (Å²) in [4.78, 5) is 4.00. The second kappa shape index (κ2) is 5.69. The van der Waals surface area contributed by atoms with E-state index in [-0.39, 0.29) is 0 Å². The van der Waals surface area contributed by atoms with Crippen LogP contribution in [0.5, 0.6) is 0 Å². The number of hydrogen-bond acceptors (Lipinski definition) is 3. The van der Waals surface area contributed by atoms with Gasteiger partial charge in [-0.3, -0.25) is 4.98 Å². The Morgan fingerprint density at radius 1 is 1.39 bits per heavy atom. The molecule has 0 bridgehead atoms. The number of nitrogens with two attached hydrogens (primary N) is 1. The molecule has 0 amide bonds. The van der Waals surface area contributed by atoms with Gasteiger partial charge in [0, 0.05) is 29.0 Å². The van der Waals surface area contributed by atoms with Gasteiger partial charge in [-0.15, -0.1) is 0 Å². The van der Waals surface area contributed by atoms with E-state index >= 15 is 0 Å². The van der Waals surface area contributed by atoms with Crippen molar-refractivity contribution in [3.05, 3.63) is 57.3 Å². The standard InChI is InChI=1S/C13H12BrClN2O/c14-10-2-1-8(5-11(10)15)13(18)6-9-7-17-4-3-12(9)16/h1-5,7,13,18H,6H2,(H2,16,17). The Morgan fingerprint density at radius 3 is 2.83 bits per heavy atom. The van der Waals surface area contributed by atoms with Crippen LogP contribution < -0.4 is 5.73 Å². The van der Waals surface area contributed by atoms with Crippen molar-refractivity contribution in [3.63, 3.8) is 0 Å². The van der Waals surface area contributed by atoms with Crippen molar-refractivity contribution in [1.29, 1.82) is 0 Å². The van der Waals surface area contributed by atoms with Crippen molar-refractivity contribution >= 4 is 33.2 Å². The highest BCUT2D eigenvalue weighted by Gasteiger charge is 2.12. The maximum absolute atomic E-state index is 10.2. The molecule has 1 atom stereocenters. The van der Waals surface area contributed by atoms with E-state index in [1.54, 1.807) is 24.5 Å². The number of anilines is 1. The van der Waals surface area contributed by atoms with Gasteiger partial charge < -0.3 is 10.8 Å². The molecule has 0 saturated carbocycles. The molecule has 3 nitrogen and oxygen atoms in total. The summed E-state index contributed by atoms with van der Waals surface area (Å²) in [5.41, 5.74) is 8.03. The van der Waals surface area contributed by atoms with Gasteiger partial charge in [0.25, 0.3) is 0 Å². The molecule has 1 unspecified atom stereocenters. The minimum absolute atomic E-state index is 0.414. The smallest absolute Gasteiger partial charge is 0.0832 e. The van der Waals surface area contributed by atoms with Crippen LogP contribution in [0.15, 0.2) is 41.1 Å². The zero-order chi connectivity index (χ0) is 13.1. The fraction of sp³-hybridized carbons (Fsp3) is 0.154. The average Bonchev–Trinajstić information content (AvgIpc) is 2.35. The fourth-order valence-electron chi connectivity index (χ4n) is 1.65. The van der Waals surface area contributed by atoms with Crippen LogP contribution in [0.2, 0.25) is 5.02 Å². The maximum atomic E-state index is 10.2. The molecule has 0 aliphatic rings. The number of aliphatic hydroxyl groups excluding tert-OH is 1. The van der Waals surface area contributed by atoms with Crippen molar-refractivity contribution in [2.45, 2.75) is 12.5 Å². The third kappa shape index (κ3) is 3.02. The molecule has 0 aliphatic heterocycles. The summed E-state index contributed by atoms with van der Waals surface area (Å²) in [5.74, 6) is 0. The Kier molecular flexibility index (Phi) is 4.22. The lowest BCUT2D eigenvalue weighted by Crippen LogP contribution is -2.04. The number of halogens is 2. The highest BCUT2D eigenvalue weighted by molar-refractivity contribution is 9.10. The molecule has 1 heterocycles. The second-order valence-electron chi connectivity index (χ2n) is 3.97. The SMILES string of the molecule is Nc1ccncc1CC(O)c1ccc(Br)c(Cl)c1. The van der Waals surface area contributed by atoms with Crippen molar-refractivity contribution in [1.82, 2.24) is 4.98 Å². The minimum atomic E-state index is -0.651. The lowest BCUT2D eigenvalue weighted by molar-refractivity contribution is 0.178. The van der Waals surface area contributed by atoms with Crippen LogP contribution in [0.25, 0.3) is 0 Å². The number of hydrogen-bond donors (Lipinski definition) is 2. The van der Waals surface area contributed by atoms with Gasteiger partial charge in [0.1, 0.15) is 0 Å². The van der Waals surface area contributed by atoms with Gasteiger partial charge in [0.15, 0.2) is 0 Å². The third-order valence-corrected chi connectivity index (χ3v) is 3.92. The number of benzene rings is 1. The molecule has 0 radical (unpaired) electrons. The summed E-state index contributed by atoms with van der Waals surface area (Å²) in [6.45, 7) is 0. The first-order valence-corrected chi connectivity index (χ1v) is 6.56. The second-order valence-corrected chi connectivity index (χ2v) is 5.23. The maximum Gasteiger partial charge on any atom is 0.0832 e. The van der Waals surface area contributed by atoms with Crippen LogP contribution in [-0.2, 0) is 6.42 Å². The number of pyridine rings is 1. The number of rotatable bonds is 3. The highest BCUT2D eigenvalue weighted by atomic mass is 79.9. The normalized spacial score (nSPS) is 12.4. The molecule has 2 aromatic rings. The molecule has 94 valence electrons. The summed E-state index contributed by atoms with van der Waals surface area (Å²) < 4.78 is 0.806. The lowest BCUT2D eigenvalue weighted by Gasteiger charge is -2.13. The average molecular weight is 328 g/mol. The molecule has 0 spiro atoms. The van der Waals surface area contributed by atoms with Gasteiger partial charge in [0.05, 0.1) is 11.1 Å². The Hall–Kier alpha value is -1.10. The van der Waals surface area contributed by atoms with E-state index < -0.39 is 6.10 Å². The molecule has 0 fully saturated rings. The van der Waals surface area contributed by atoms with E-state index in [0.29, 0.717) is 17.1 Å². The number of aliphatic hydroxyl groups is 1. The number of aromatic nitrogens is 1. The molecular formula is C13H12BrClN2O. The van der Waals surface area contributed by atoms with Crippen LogP contribution in [0.4, 0.5) is 5.69 Å². The first-order valence-electron chi connectivity index (χ1n) is 5.39. The molecule has 0 saturated heterocycles. The summed E-state index contributed by atoms with van der Waals surface area (Å²) >= 11 is 9.31. The number of nitrogen functional groups attached to an aromatic ring is 1. The van der Waals surface area contributed by atoms with Crippen LogP contribution in [0, 0.1) is 0 Å². The zero-order valence-electron chi connectivity index (χ0n) is 9.48. The van der Waals surface area contributed by atoms with E-state index in [0.717, 1.165) is 15.6 Å². The quantitative estimate of drug-likeness (QED) is 0.909. The summed E-state index contributed by atoms with van der Waals surface area (Å²) in [7, 11) is 0. The van der Waals surface area contributed by atoms with Crippen molar-refractivity contribution in [2.24, 2.45) is 0 Å². The van der Waals surface area contributed by atoms with Gasteiger partial charge >= 0.3 is 0 Å². The van der Waals surface area contributed by atoms with E-state index in [4.69, 9.17) is 17.3 Å². The van der Waals surface area contributed by atoms with E-state index in [1.807, 2.05) is 12.1 Å². The number of nitrogens with zero attached hydrogens (tertiary/aromatic N) is 1. The summed E-state index contributed by atoms with van der Waals surface area (Å²) in [6, 6.07) is 7.10. The highest BCUT2D eigenvalue weighted by Crippen LogP contribution is 2.28. The van der Waals surface area contributed by atoms with Gasteiger partial charge in [-0.25, -0.2) is 0 Å². The summed E-state index contributed by atoms with van der Waals surface area (Å²) in [6.07, 6.45) is 3.06.